The number of allylic oxidation sites excluding steroid dienone is 2. The van der Waals surface area contributed by atoms with Gasteiger partial charge >= 0.3 is 0 Å². The van der Waals surface area contributed by atoms with E-state index in [-0.39, 0.29) is 41.2 Å². The molecule has 1 saturated carbocycles. The van der Waals surface area contributed by atoms with Crippen LogP contribution < -0.4 is 0 Å². The van der Waals surface area contributed by atoms with Crippen molar-refractivity contribution in [1.82, 2.24) is 0 Å². The smallest absolute Gasteiger partial charge is 0.170 e. The van der Waals surface area contributed by atoms with E-state index in [4.69, 9.17) is 4.42 Å². The zero-order valence-electron chi connectivity index (χ0n) is 11.0. The Balaban J connectivity index is 2.26. The fraction of sp³-hybridized carbons (Fsp3) is 0.333. The summed E-state index contributed by atoms with van der Waals surface area (Å²) >= 11 is 0. The van der Waals surface area contributed by atoms with Gasteiger partial charge in [0.05, 0.1) is 6.26 Å². The number of rotatable bonds is 2. The number of ketones is 2. The molecule has 1 N–H and O–H groups in total. The number of hydrogen-bond donors (Lipinski definition) is 1. The van der Waals surface area contributed by atoms with Crippen LogP contribution in [0.25, 0.3) is 6.08 Å². The topological polar surface area (TPSA) is 67.5 Å². The van der Waals surface area contributed by atoms with Gasteiger partial charge in [-0.25, -0.2) is 0 Å². The van der Waals surface area contributed by atoms with Crippen molar-refractivity contribution < 1.29 is 19.1 Å². The highest BCUT2D eigenvalue weighted by atomic mass is 16.3. The molecule has 100 valence electrons. The van der Waals surface area contributed by atoms with Crippen LogP contribution in [-0.4, -0.2) is 16.7 Å². The third kappa shape index (κ3) is 3.02. The Morgan fingerprint density at radius 3 is 2.47 bits per heavy atom. The summed E-state index contributed by atoms with van der Waals surface area (Å²) in [5.74, 6) is -0.351. The summed E-state index contributed by atoms with van der Waals surface area (Å²) in [6.45, 7) is 3.74. The Kier molecular flexibility index (Phi) is 3.42. The maximum absolute atomic E-state index is 11.9. The van der Waals surface area contributed by atoms with Crippen LogP contribution in [0.3, 0.4) is 0 Å². The minimum atomic E-state index is -0.331. The van der Waals surface area contributed by atoms with Gasteiger partial charge in [-0.1, -0.05) is 13.8 Å². The molecule has 1 aromatic heterocycles. The fourth-order valence-corrected chi connectivity index (χ4v) is 2.18. The van der Waals surface area contributed by atoms with Crippen LogP contribution in [0, 0.1) is 5.41 Å². The first-order chi connectivity index (χ1) is 8.89. The lowest BCUT2D eigenvalue weighted by molar-refractivity contribution is -0.127. The number of carbonyl (C=O) groups excluding carboxylic acids is 2. The van der Waals surface area contributed by atoms with Gasteiger partial charge in [0.25, 0.3) is 0 Å². The molecule has 1 aromatic rings. The minimum absolute atomic E-state index is 0.0952. The number of furan rings is 1. The summed E-state index contributed by atoms with van der Waals surface area (Å²) in [5.41, 5.74) is -0.426. The average molecular weight is 260 g/mol. The second kappa shape index (κ2) is 4.88. The van der Waals surface area contributed by atoms with Crippen LogP contribution in [0.15, 0.2) is 40.2 Å². The van der Waals surface area contributed by atoms with Crippen LogP contribution in [0.5, 0.6) is 0 Å². The van der Waals surface area contributed by atoms with E-state index >= 15 is 0 Å². The summed E-state index contributed by atoms with van der Waals surface area (Å²) in [7, 11) is 0. The molecule has 0 saturated heterocycles. The van der Waals surface area contributed by atoms with Gasteiger partial charge in [-0.05, 0) is 29.7 Å². The minimum Gasteiger partial charge on any atom is -0.507 e. The molecular weight excluding hydrogens is 244 g/mol. The molecule has 0 atom stereocenters. The lowest BCUT2D eigenvalue weighted by atomic mass is 9.74. The predicted octanol–water partition coefficient (Wildman–Crippen LogP) is 3.06. The van der Waals surface area contributed by atoms with E-state index in [0.29, 0.717) is 5.76 Å². The van der Waals surface area contributed by atoms with E-state index in [9.17, 15) is 14.7 Å². The molecule has 2 rings (SSSR count). The van der Waals surface area contributed by atoms with Crippen molar-refractivity contribution in [3.05, 3.63) is 41.6 Å². The lowest BCUT2D eigenvalue weighted by Crippen LogP contribution is -2.32. The number of Topliss-reactive ketones (excluding diaryl/α,β-unsaturated/α-hetero) is 2. The molecule has 1 aliphatic carbocycles. The monoisotopic (exact) mass is 260 g/mol. The highest BCUT2D eigenvalue weighted by Gasteiger charge is 2.37. The van der Waals surface area contributed by atoms with Gasteiger partial charge in [0, 0.05) is 12.8 Å². The Hall–Kier alpha value is -2.10. The van der Waals surface area contributed by atoms with Crippen molar-refractivity contribution in [3.63, 3.8) is 0 Å². The molecule has 1 heterocycles. The molecule has 0 unspecified atom stereocenters. The first kappa shape index (κ1) is 13.3. The maximum Gasteiger partial charge on any atom is 0.170 e. The second-order valence-electron chi connectivity index (χ2n) is 5.47. The number of aliphatic hydroxyl groups excluding tert-OH is 1. The van der Waals surface area contributed by atoms with Crippen LogP contribution >= 0.6 is 0 Å². The van der Waals surface area contributed by atoms with Crippen molar-refractivity contribution in [2.75, 3.05) is 0 Å². The molecule has 0 radical (unpaired) electrons. The van der Waals surface area contributed by atoms with E-state index in [1.54, 1.807) is 12.1 Å². The average Bonchev–Trinajstić information content (AvgIpc) is 2.76. The molecule has 0 amide bonds. The van der Waals surface area contributed by atoms with Gasteiger partial charge in [0.2, 0.25) is 0 Å². The maximum atomic E-state index is 11.9. The first-order valence-corrected chi connectivity index (χ1v) is 6.10. The molecule has 19 heavy (non-hydrogen) atoms. The predicted molar refractivity (Wildman–Crippen MR) is 70.4 cm³/mol. The second-order valence-corrected chi connectivity index (χ2v) is 5.47. The van der Waals surface area contributed by atoms with Crippen molar-refractivity contribution >= 4 is 17.6 Å². The number of hydrogen-bond acceptors (Lipinski definition) is 4. The van der Waals surface area contributed by atoms with Gasteiger partial charge < -0.3 is 9.52 Å². The third-order valence-corrected chi connectivity index (χ3v) is 3.04. The molecule has 0 spiro atoms. The summed E-state index contributed by atoms with van der Waals surface area (Å²) in [5, 5.41) is 9.89. The molecule has 0 aromatic carbocycles. The normalized spacial score (nSPS) is 19.2. The van der Waals surface area contributed by atoms with Gasteiger partial charge in [0.15, 0.2) is 11.6 Å². The lowest BCUT2D eigenvalue weighted by Gasteiger charge is -2.28. The summed E-state index contributed by atoms with van der Waals surface area (Å²) in [4.78, 5) is 23.9. The standard InChI is InChI=1S/C15H16O4/c1-15(2)8-12(17)14(13(18)9-15)11(16)6-5-10-4-3-7-19-10/h3-7,16H,8-9H2,1-2H3. The van der Waals surface area contributed by atoms with Crippen molar-refractivity contribution in [1.29, 1.82) is 0 Å². The molecule has 0 aliphatic heterocycles. The number of aliphatic hydroxyl groups is 1. The Bertz CT molecular complexity index is 537. The van der Waals surface area contributed by atoms with Crippen LogP contribution in [0.1, 0.15) is 32.4 Å². The fourth-order valence-electron chi connectivity index (χ4n) is 2.18. The molecule has 1 aliphatic rings. The van der Waals surface area contributed by atoms with Gasteiger partial charge in [0.1, 0.15) is 17.1 Å². The van der Waals surface area contributed by atoms with Crippen molar-refractivity contribution in [2.24, 2.45) is 5.41 Å². The summed E-state index contributed by atoms with van der Waals surface area (Å²) < 4.78 is 5.07. The summed E-state index contributed by atoms with van der Waals surface area (Å²) in [6, 6.07) is 3.42. The zero-order valence-corrected chi connectivity index (χ0v) is 11.0. The molecule has 0 bridgehead atoms. The van der Waals surface area contributed by atoms with Crippen molar-refractivity contribution in [3.8, 4) is 0 Å². The van der Waals surface area contributed by atoms with E-state index < -0.39 is 0 Å². The van der Waals surface area contributed by atoms with Gasteiger partial charge in [-0.15, -0.1) is 0 Å². The first-order valence-electron chi connectivity index (χ1n) is 6.10. The van der Waals surface area contributed by atoms with Crippen LogP contribution in [-0.2, 0) is 9.59 Å². The highest BCUT2D eigenvalue weighted by Crippen LogP contribution is 2.34. The number of carbonyl (C=O) groups is 2. The SMILES string of the molecule is CC1(C)CC(=O)C(=C(O)C=Cc2ccco2)C(=O)C1. The quantitative estimate of drug-likeness (QED) is 0.504. The Morgan fingerprint density at radius 2 is 1.95 bits per heavy atom. The van der Waals surface area contributed by atoms with Crippen molar-refractivity contribution in [2.45, 2.75) is 26.7 Å². The van der Waals surface area contributed by atoms with E-state index in [1.807, 2.05) is 13.8 Å². The third-order valence-electron chi connectivity index (χ3n) is 3.04. The van der Waals surface area contributed by atoms with E-state index in [1.165, 1.54) is 18.4 Å². The van der Waals surface area contributed by atoms with Gasteiger partial charge in [-0.2, -0.15) is 0 Å². The molecule has 1 fully saturated rings. The van der Waals surface area contributed by atoms with E-state index in [0.717, 1.165) is 0 Å². The highest BCUT2D eigenvalue weighted by molar-refractivity contribution is 6.22. The molecule has 4 heteroatoms. The molecular formula is C15H16O4. The van der Waals surface area contributed by atoms with Crippen LogP contribution in [0.4, 0.5) is 0 Å². The largest absolute Gasteiger partial charge is 0.507 e. The van der Waals surface area contributed by atoms with E-state index in [2.05, 4.69) is 0 Å². The summed E-state index contributed by atoms with van der Waals surface area (Å²) in [6.07, 6.45) is 4.88. The van der Waals surface area contributed by atoms with Crippen LogP contribution in [0.2, 0.25) is 0 Å². The molecule has 4 nitrogen and oxygen atoms in total. The zero-order chi connectivity index (χ0) is 14.0. The van der Waals surface area contributed by atoms with Gasteiger partial charge in [-0.3, -0.25) is 9.59 Å². The Morgan fingerprint density at radius 1 is 1.32 bits per heavy atom. The Labute approximate surface area is 111 Å².